The number of hydrogen-bond acceptors (Lipinski definition) is 3. The summed E-state index contributed by atoms with van der Waals surface area (Å²) in [6.07, 6.45) is 1.20. The molecule has 2 N–H and O–H groups in total. The first-order valence-corrected chi connectivity index (χ1v) is 6.45. The van der Waals surface area contributed by atoms with Gasteiger partial charge in [0.05, 0.1) is 6.10 Å². The summed E-state index contributed by atoms with van der Waals surface area (Å²) in [7, 11) is 0. The van der Waals surface area contributed by atoms with Crippen LogP contribution in [-0.2, 0) is 0 Å². The highest BCUT2D eigenvalue weighted by atomic mass is 19.1. The lowest BCUT2D eigenvalue weighted by molar-refractivity contribution is 0.195. The maximum absolute atomic E-state index is 13.2. The monoisotopic (exact) mass is 253 g/mol. The lowest BCUT2D eigenvalue weighted by Gasteiger charge is -2.34. The fourth-order valence-electron chi connectivity index (χ4n) is 2.50. The average molecular weight is 253 g/mol. The number of rotatable bonds is 3. The van der Waals surface area contributed by atoms with Crippen molar-refractivity contribution in [1.29, 1.82) is 0 Å². The van der Waals surface area contributed by atoms with Gasteiger partial charge in [0.15, 0.2) is 0 Å². The lowest BCUT2D eigenvalue weighted by Crippen LogP contribution is -2.35. The fourth-order valence-corrected chi connectivity index (χ4v) is 2.50. The van der Waals surface area contributed by atoms with Crippen LogP contribution >= 0.6 is 0 Å². The Kier molecular flexibility index (Phi) is 4.19. The summed E-state index contributed by atoms with van der Waals surface area (Å²) in [6, 6.07) is 4.56. The zero-order valence-electron chi connectivity index (χ0n) is 10.6. The van der Waals surface area contributed by atoms with Gasteiger partial charge in [-0.2, -0.15) is 0 Å². The first kappa shape index (κ1) is 13.3. The average Bonchev–Trinajstić information content (AvgIpc) is 2.39. The summed E-state index contributed by atoms with van der Waals surface area (Å²) in [5, 5.41) is 18.8. The molecule has 2 rings (SSSR count). The highest BCUT2D eigenvalue weighted by Gasteiger charge is 2.21. The highest BCUT2D eigenvalue weighted by Crippen LogP contribution is 2.30. The Hall–Kier alpha value is -1.13. The van der Waals surface area contributed by atoms with Crippen LogP contribution in [-0.4, -0.2) is 29.9 Å². The first-order chi connectivity index (χ1) is 8.61. The second-order valence-corrected chi connectivity index (χ2v) is 4.99. The number of aliphatic hydroxyl groups excluding tert-OH is 2. The molecule has 4 heteroatoms. The highest BCUT2D eigenvalue weighted by molar-refractivity contribution is 5.55. The summed E-state index contributed by atoms with van der Waals surface area (Å²) in [5.74, 6) is 0.0524. The predicted molar refractivity (Wildman–Crippen MR) is 69.1 cm³/mol. The molecule has 1 fully saturated rings. The van der Waals surface area contributed by atoms with Crippen molar-refractivity contribution in [3.05, 3.63) is 29.6 Å². The molecule has 0 spiro atoms. The third kappa shape index (κ3) is 2.82. The van der Waals surface area contributed by atoms with E-state index in [0.29, 0.717) is 11.5 Å². The molecule has 0 bridgehead atoms. The number of nitrogens with zero attached hydrogens (tertiary/aromatic N) is 1. The van der Waals surface area contributed by atoms with E-state index in [1.165, 1.54) is 12.1 Å². The van der Waals surface area contributed by atoms with Gasteiger partial charge in [0, 0.05) is 30.9 Å². The van der Waals surface area contributed by atoms with E-state index >= 15 is 0 Å². The second kappa shape index (κ2) is 5.67. The normalized spacial score (nSPS) is 19.0. The van der Waals surface area contributed by atoms with Crippen LogP contribution in [0.15, 0.2) is 18.2 Å². The van der Waals surface area contributed by atoms with E-state index in [9.17, 15) is 9.50 Å². The molecule has 0 aliphatic carbocycles. The summed E-state index contributed by atoms with van der Waals surface area (Å²) in [4.78, 5) is 2.16. The van der Waals surface area contributed by atoms with Gasteiger partial charge in [-0.3, -0.25) is 0 Å². The maximum atomic E-state index is 13.2. The van der Waals surface area contributed by atoms with Crippen molar-refractivity contribution >= 4 is 5.69 Å². The third-order valence-electron chi connectivity index (χ3n) is 3.65. The van der Waals surface area contributed by atoms with Crippen molar-refractivity contribution in [3.63, 3.8) is 0 Å². The number of anilines is 1. The summed E-state index contributed by atoms with van der Waals surface area (Å²) in [5.41, 5.74) is 1.54. The molecule has 3 nitrogen and oxygen atoms in total. The Labute approximate surface area is 107 Å². The van der Waals surface area contributed by atoms with Crippen LogP contribution in [0.5, 0.6) is 0 Å². The van der Waals surface area contributed by atoms with Crippen molar-refractivity contribution in [3.8, 4) is 0 Å². The molecule has 1 saturated heterocycles. The minimum Gasteiger partial charge on any atom is -0.396 e. The van der Waals surface area contributed by atoms with Crippen molar-refractivity contribution in [1.82, 2.24) is 0 Å². The van der Waals surface area contributed by atoms with Crippen LogP contribution in [0.4, 0.5) is 10.1 Å². The van der Waals surface area contributed by atoms with Crippen molar-refractivity contribution in [2.45, 2.75) is 25.9 Å². The molecule has 1 heterocycles. The Morgan fingerprint density at radius 2 is 2.06 bits per heavy atom. The zero-order chi connectivity index (χ0) is 13.1. The molecule has 0 unspecified atom stereocenters. The second-order valence-electron chi connectivity index (χ2n) is 4.99. The van der Waals surface area contributed by atoms with Crippen LogP contribution in [0.2, 0.25) is 0 Å². The molecule has 1 aromatic carbocycles. The Bertz CT molecular complexity index is 401. The smallest absolute Gasteiger partial charge is 0.123 e. The van der Waals surface area contributed by atoms with Gasteiger partial charge in [-0.05, 0) is 43.9 Å². The molecule has 0 aromatic heterocycles. The van der Waals surface area contributed by atoms with Gasteiger partial charge in [-0.15, -0.1) is 0 Å². The van der Waals surface area contributed by atoms with E-state index in [2.05, 4.69) is 4.90 Å². The van der Waals surface area contributed by atoms with Gasteiger partial charge >= 0.3 is 0 Å². The molecule has 1 aliphatic rings. The summed E-state index contributed by atoms with van der Waals surface area (Å²) >= 11 is 0. The molecule has 100 valence electrons. The molecule has 1 aromatic rings. The number of benzene rings is 1. The van der Waals surface area contributed by atoms with Crippen LogP contribution in [0, 0.1) is 11.7 Å². The number of aliphatic hydroxyl groups is 2. The van der Waals surface area contributed by atoms with Gasteiger partial charge in [-0.25, -0.2) is 4.39 Å². The number of piperidine rings is 1. The molecule has 0 radical (unpaired) electrons. The Morgan fingerprint density at radius 1 is 1.39 bits per heavy atom. The van der Waals surface area contributed by atoms with Crippen LogP contribution in [0.25, 0.3) is 0 Å². The quantitative estimate of drug-likeness (QED) is 0.867. The van der Waals surface area contributed by atoms with Gasteiger partial charge in [0.25, 0.3) is 0 Å². The van der Waals surface area contributed by atoms with Crippen molar-refractivity contribution in [2.75, 3.05) is 24.6 Å². The van der Waals surface area contributed by atoms with E-state index in [0.717, 1.165) is 31.6 Å². The van der Waals surface area contributed by atoms with Crippen LogP contribution < -0.4 is 4.90 Å². The molecule has 18 heavy (non-hydrogen) atoms. The van der Waals surface area contributed by atoms with Crippen molar-refractivity contribution < 1.29 is 14.6 Å². The Balaban J connectivity index is 2.18. The molecule has 1 atom stereocenters. The van der Waals surface area contributed by atoms with Crippen molar-refractivity contribution in [2.24, 2.45) is 5.92 Å². The summed E-state index contributed by atoms with van der Waals surface area (Å²) in [6.45, 7) is 3.58. The predicted octanol–water partition coefficient (Wildman–Crippen LogP) is 2.09. The van der Waals surface area contributed by atoms with Gasteiger partial charge in [0.2, 0.25) is 0 Å². The van der Waals surface area contributed by atoms with Gasteiger partial charge < -0.3 is 15.1 Å². The first-order valence-electron chi connectivity index (χ1n) is 6.45. The van der Waals surface area contributed by atoms with E-state index in [1.54, 1.807) is 13.0 Å². The van der Waals surface area contributed by atoms with Crippen LogP contribution in [0.1, 0.15) is 31.4 Å². The molecule has 0 saturated carbocycles. The maximum Gasteiger partial charge on any atom is 0.123 e. The fraction of sp³-hybridized carbons (Fsp3) is 0.571. The third-order valence-corrected chi connectivity index (χ3v) is 3.65. The molecule has 1 aliphatic heterocycles. The molecular formula is C14H20FNO2. The zero-order valence-corrected chi connectivity index (χ0v) is 10.6. The van der Waals surface area contributed by atoms with Gasteiger partial charge in [0.1, 0.15) is 5.82 Å². The lowest BCUT2D eigenvalue weighted by atomic mass is 9.96. The Morgan fingerprint density at radius 3 is 2.61 bits per heavy atom. The minimum absolute atomic E-state index is 0.237. The van der Waals surface area contributed by atoms with Gasteiger partial charge in [-0.1, -0.05) is 0 Å². The summed E-state index contributed by atoms with van der Waals surface area (Å²) < 4.78 is 13.2. The number of halogens is 1. The standard InChI is InChI=1S/C14H20FNO2/c1-10(18)13-8-12(15)2-3-14(13)16-6-4-11(9-17)5-7-16/h2-3,8,10-11,17-18H,4-7,9H2,1H3/t10-/m0/s1. The van der Waals surface area contributed by atoms with Crippen LogP contribution in [0.3, 0.4) is 0 Å². The largest absolute Gasteiger partial charge is 0.396 e. The van der Waals surface area contributed by atoms with E-state index in [-0.39, 0.29) is 12.4 Å². The minimum atomic E-state index is -0.675. The van der Waals surface area contributed by atoms with E-state index < -0.39 is 6.10 Å². The SMILES string of the molecule is C[C@H](O)c1cc(F)ccc1N1CCC(CO)CC1. The van der Waals surface area contributed by atoms with E-state index in [1.807, 2.05) is 0 Å². The molecular weight excluding hydrogens is 233 g/mol. The topological polar surface area (TPSA) is 43.7 Å². The van der Waals surface area contributed by atoms with E-state index in [4.69, 9.17) is 5.11 Å². The molecule has 0 amide bonds. The number of hydrogen-bond donors (Lipinski definition) is 2.